The number of nitro benzene ring substituents is 1. The van der Waals surface area contributed by atoms with Gasteiger partial charge in [-0.05, 0) is 6.07 Å². The van der Waals surface area contributed by atoms with Crippen molar-refractivity contribution in [3.63, 3.8) is 0 Å². The van der Waals surface area contributed by atoms with E-state index in [0.717, 1.165) is 4.47 Å². The lowest BCUT2D eigenvalue weighted by molar-refractivity contribution is -0.386. The molecule has 0 aromatic heterocycles. The van der Waals surface area contributed by atoms with Gasteiger partial charge in [0.15, 0.2) is 5.75 Å². The highest BCUT2D eigenvalue weighted by Gasteiger charge is 2.20. The normalized spacial score (nSPS) is 9.93. The minimum absolute atomic E-state index is 0.00701. The zero-order valence-corrected chi connectivity index (χ0v) is 10.5. The molecule has 1 aromatic carbocycles. The average Bonchev–Trinajstić information content (AvgIpc) is 2.15. The Kier molecular flexibility index (Phi) is 3.88. The average molecular weight is 325 g/mol. The third-order valence-electron chi connectivity index (χ3n) is 1.67. The fourth-order valence-corrected chi connectivity index (χ4v) is 2.00. The Morgan fingerprint density at radius 2 is 2.21 bits per heavy atom. The van der Waals surface area contributed by atoms with Crippen LogP contribution in [-0.2, 0) is 5.33 Å². The predicted molar refractivity (Wildman–Crippen MR) is 60.0 cm³/mol. The summed E-state index contributed by atoms with van der Waals surface area (Å²) in [6.07, 6.45) is 0. The van der Waals surface area contributed by atoms with Crippen molar-refractivity contribution >= 4 is 37.5 Å². The fraction of sp³-hybridized carbons (Fsp3) is 0.250. The van der Waals surface area contributed by atoms with Gasteiger partial charge >= 0.3 is 5.69 Å². The molecule has 0 aliphatic carbocycles. The van der Waals surface area contributed by atoms with Crippen LogP contribution in [0.4, 0.5) is 5.69 Å². The van der Waals surface area contributed by atoms with E-state index < -0.39 is 4.92 Å². The second kappa shape index (κ2) is 4.75. The van der Waals surface area contributed by atoms with E-state index >= 15 is 0 Å². The van der Waals surface area contributed by atoms with Crippen LogP contribution in [0.25, 0.3) is 0 Å². The summed E-state index contributed by atoms with van der Waals surface area (Å²) >= 11 is 6.45. The Bertz CT molecular complexity index is 343. The summed E-state index contributed by atoms with van der Waals surface area (Å²) in [5.74, 6) is 0.263. The smallest absolute Gasteiger partial charge is 0.314 e. The summed E-state index contributed by atoms with van der Waals surface area (Å²) < 4.78 is 5.70. The first-order valence-corrected chi connectivity index (χ1v) is 5.58. The number of alkyl halides is 1. The van der Waals surface area contributed by atoms with E-state index in [1.54, 1.807) is 12.1 Å². The molecule has 0 aliphatic heterocycles. The molecule has 6 heteroatoms. The lowest BCUT2D eigenvalue weighted by Crippen LogP contribution is -1.97. The van der Waals surface area contributed by atoms with E-state index in [1.807, 2.05) is 0 Å². The van der Waals surface area contributed by atoms with Crippen LogP contribution in [0.5, 0.6) is 5.75 Å². The van der Waals surface area contributed by atoms with E-state index in [4.69, 9.17) is 4.74 Å². The van der Waals surface area contributed by atoms with Crippen LogP contribution in [0, 0.1) is 10.1 Å². The van der Waals surface area contributed by atoms with E-state index in [9.17, 15) is 10.1 Å². The number of ether oxygens (including phenoxy) is 1. The zero-order valence-electron chi connectivity index (χ0n) is 7.29. The monoisotopic (exact) mass is 323 g/mol. The van der Waals surface area contributed by atoms with Crippen LogP contribution in [-0.4, -0.2) is 12.0 Å². The maximum absolute atomic E-state index is 10.8. The van der Waals surface area contributed by atoms with E-state index in [2.05, 4.69) is 31.9 Å². The van der Waals surface area contributed by atoms with Gasteiger partial charge in [0.2, 0.25) is 0 Å². The number of hydrogen-bond acceptors (Lipinski definition) is 3. The largest absolute Gasteiger partial charge is 0.490 e. The highest BCUT2D eigenvalue weighted by molar-refractivity contribution is 9.10. The van der Waals surface area contributed by atoms with Crippen molar-refractivity contribution in [1.82, 2.24) is 0 Å². The minimum atomic E-state index is -0.443. The van der Waals surface area contributed by atoms with Gasteiger partial charge in [-0.25, -0.2) is 0 Å². The van der Waals surface area contributed by atoms with Crippen molar-refractivity contribution in [2.24, 2.45) is 0 Å². The first kappa shape index (κ1) is 11.5. The standard InChI is InChI=1S/C8H7Br2NO3/c1-14-7-3-6(10)2-5(4-9)8(7)11(12)13/h2-3H,4H2,1H3. The molecule has 0 atom stereocenters. The molecule has 0 N–H and O–H groups in total. The van der Waals surface area contributed by atoms with Gasteiger partial charge in [-0.3, -0.25) is 10.1 Å². The minimum Gasteiger partial charge on any atom is -0.490 e. The fourth-order valence-electron chi connectivity index (χ4n) is 1.09. The third kappa shape index (κ3) is 2.24. The molecule has 0 unspecified atom stereocenters. The first-order valence-electron chi connectivity index (χ1n) is 3.67. The number of halogens is 2. The van der Waals surface area contributed by atoms with Crippen molar-refractivity contribution in [2.75, 3.05) is 7.11 Å². The number of methoxy groups -OCH3 is 1. The van der Waals surface area contributed by atoms with Crippen LogP contribution in [0.15, 0.2) is 16.6 Å². The molecule has 1 rings (SSSR count). The highest BCUT2D eigenvalue weighted by atomic mass is 79.9. The van der Waals surface area contributed by atoms with E-state index in [0.29, 0.717) is 10.9 Å². The maximum Gasteiger partial charge on any atom is 0.314 e. The zero-order chi connectivity index (χ0) is 10.7. The molecule has 0 spiro atoms. The van der Waals surface area contributed by atoms with Crippen molar-refractivity contribution in [3.8, 4) is 5.75 Å². The SMILES string of the molecule is COc1cc(Br)cc(CBr)c1[N+](=O)[O-]. The molecule has 14 heavy (non-hydrogen) atoms. The van der Waals surface area contributed by atoms with Gasteiger partial charge in [0.25, 0.3) is 0 Å². The van der Waals surface area contributed by atoms with Gasteiger partial charge in [-0.15, -0.1) is 0 Å². The predicted octanol–water partition coefficient (Wildman–Crippen LogP) is 3.26. The third-order valence-corrected chi connectivity index (χ3v) is 2.73. The topological polar surface area (TPSA) is 52.4 Å². The van der Waals surface area contributed by atoms with Gasteiger partial charge in [0, 0.05) is 21.4 Å². The molecule has 4 nitrogen and oxygen atoms in total. The van der Waals surface area contributed by atoms with Gasteiger partial charge < -0.3 is 4.74 Å². The Morgan fingerprint density at radius 1 is 1.57 bits per heavy atom. The summed E-state index contributed by atoms with van der Waals surface area (Å²) in [6, 6.07) is 3.26. The Balaban J connectivity index is 3.40. The van der Waals surface area contributed by atoms with Crippen LogP contribution >= 0.6 is 31.9 Å². The lowest BCUT2D eigenvalue weighted by Gasteiger charge is -2.05. The first-order chi connectivity index (χ1) is 6.60. The number of nitrogens with zero attached hydrogens (tertiary/aromatic N) is 1. The molecule has 0 amide bonds. The van der Waals surface area contributed by atoms with Crippen molar-refractivity contribution in [3.05, 3.63) is 32.3 Å². The number of rotatable bonds is 3. The Morgan fingerprint density at radius 3 is 2.64 bits per heavy atom. The van der Waals surface area contributed by atoms with Gasteiger partial charge in [-0.1, -0.05) is 31.9 Å². The van der Waals surface area contributed by atoms with Crippen LogP contribution in [0.1, 0.15) is 5.56 Å². The van der Waals surface area contributed by atoms with Crippen molar-refractivity contribution < 1.29 is 9.66 Å². The number of hydrogen-bond donors (Lipinski definition) is 0. The Labute approximate surface area is 97.7 Å². The molecule has 1 aromatic rings. The quantitative estimate of drug-likeness (QED) is 0.487. The molecule has 0 saturated heterocycles. The summed E-state index contributed by atoms with van der Waals surface area (Å²) in [5.41, 5.74) is 0.591. The van der Waals surface area contributed by atoms with E-state index in [-0.39, 0.29) is 11.4 Å². The van der Waals surface area contributed by atoms with Gasteiger partial charge in [-0.2, -0.15) is 0 Å². The van der Waals surface area contributed by atoms with Gasteiger partial charge in [0.05, 0.1) is 12.0 Å². The second-order valence-corrected chi connectivity index (χ2v) is 3.98. The molecular weight excluding hydrogens is 318 g/mol. The summed E-state index contributed by atoms with van der Waals surface area (Å²) in [7, 11) is 1.41. The van der Waals surface area contributed by atoms with Crippen molar-refractivity contribution in [2.45, 2.75) is 5.33 Å². The van der Waals surface area contributed by atoms with E-state index in [1.165, 1.54) is 7.11 Å². The maximum atomic E-state index is 10.8. The molecule has 0 radical (unpaired) electrons. The van der Waals surface area contributed by atoms with Crippen LogP contribution < -0.4 is 4.74 Å². The summed E-state index contributed by atoms with van der Waals surface area (Å²) in [4.78, 5) is 10.3. The summed E-state index contributed by atoms with van der Waals surface area (Å²) in [5, 5.41) is 11.2. The molecular formula is C8H7Br2NO3. The molecule has 0 fully saturated rings. The molecule has 0 saturated carbocycles. The molecule has 0 bridgehead atoms. The van der Waals surface area contributed by atoms with Crippen molar-refractivity contribution in [1.29, 1.82) is 0 Å². The Hall–Kier alpha value is -0.620. The van der Waals surface area contributed by atoms with Gasteiger partial charge in [0.1, 0.15) is 0 Å². The molecule has 76 valence electrons. The number of benzene rings is 1. The number of nitro groups is 1. The van der Waals surface area contributed by atoms with Crippen LogP contribution in [0.2, 0.25) is 0 Å². The lowest BCUT2D eigenvalue weighted by atomic mass is 10.2. The second-order valence-electron chi connectivity index (χ2n) is 2.51. The highest BCUT2D eigenvalue weighted by Crippen LogP contribution is 2.35. The summed E-state index contributed by atoms with van der Waals surface area (Å²) in [6.45, 7) is 0. The van der Waals surface area contributed by atoms with Crippen LogP contribution in [0.3, 0.4) is 0 Å². The molecule has 0 heterocycles. The molecule has 0 aliphatic rings.